The number of amides is 3. The van der Waals surface area contributed by atoms with E-state index in [-0.39, 0.29) is 47.5 Å². The van der Waals surface area contributed by atoms with Crippen LogP contribution in [0, 0.1) is 11.3 Å². The van der Waals surface area contributed by atoms with E-state index in [0.29, 0.717) is 50.2 Å². The number of esters is 1. The lowest BCUT2D eigenvalue weighted by Crippen LogP contribution is -2.62. The second kappa shape index (κ2) is 24.3. The maximum Gasteiger partial charge on any atom is 0.324 e. The molecule has 3 amide bonds. The number of aromatic nitrogens is 3. The Labute approximate surface area is 486 Å². The molecule has 6 heterocycles. The van der Waals surface area contributed by atoms with Crippen molar-refractivity contribution in [1.82, 2.24) is 39.5 Å². The number of hydrogen-bond acceptors (Lipinski definition) is 11. The average molecular weight is 1140 g/mol. The molecule has 15 nitrogen and oxygen atoms in total. The van der Waals surface area contributed by atoms with Gasteiger partial charge in [0.1, 0.15) is 34.7 Å². The number of likely N-dealkylation sites (N-methyl/N-ethyl adjacent to an activating group) is 1. The van der Waals surface area contributed by atoms with Gasteiger partial charge in [0.25, 0.3) is 20.1 Å². The predicted molar refractivity (Wildman–Crippen MR) is 326 cm³/mol. The highest BCUT2D eigenvalue weighted by molar-refractivity contribution is 7.90. The molecular formula is C64H90N8O7SSi. The third-order valence-electron chi connectivity index (χ3n) is 16.8. The lowest BCUT2D eigenvalue weighted by Gasteiger charge is -2.42. The molecule has 17 heteroatoms. The van der Waals surface area contributed by atoms with Gasteiger partial charge in [-0.05, 0) is 146 Å². The van der Waals surface area contributed by atoms with Crippen molar-refractivity contribution in [2.75, 3.05) is 26.7 Å². The van der Waals surface area contributed by atoms with Crippen LogP contribution in [0.4, 0.5) is 0 Å². The molecule has 3 aliphatic rings. The molecule has 81 heavy (non-hydrogen) atoms. The molecule has 2 N–H and O–H groups in total. The first-order valence-electron chi connectivity index (χ1n) is 29.5. The van der Waals surface area contributed by atoms with Crippen molar-refractivity contribution in [3.63, 3.8) is 0 Å². The van der Waals surface area contributed by atoms with Gasteiger partial charge in [-0.25, -0.2) is 5.43 Å². The van der Waals surface area contributed by atoms with Crippen molar-refractivity contribution in [3.05, 3.63) is 101 Å². The van der Waals surface area contributed by atoms with E-state index in [2.05, 4.69) is 133 Å². The molecule has 0 saturated carbocycles. The number of carbonyl (C=O) groups is 4. The smallest absolute Gasteiger partial charge is 0.324 e. The second-order valence-electron chi connectivity index (χ2n) is 26.3. The Kier molecular flexibility index (Phi) is 18.5. The quantitative estimate of drug-likeness (QED) is 0.0442. The van der Waals surface area contributed by atoms with E-state index >= 15 is 9.59 Å². The van der Waals surface area contributed by atoms with Crippen molar-refractivity contribution in [3.8, 4) is 28.1 Å². The summed E-state index contributed by atoms with van der Waals surface area (Å²) < 4.78 is 30.7. The van der Waals surface area contributed by atoms with E-state index < -0.39 is 71.7 Å². The fraction of sp³-hybridized carbons (Fsp3) is 0.562. The fourth-order valence-electron chi connectivity index (χ4n) is 12.8. The van der Waals surface area contributed by atoms with Crippen molar-refractivity contribution < 1.29 is 32.9 Å². The van der Waals surface area contributed by atoms with Gasteiger partial charge in [0.15, 0.2) is 0 Å². The number of fused-ring (bicyclic) bond motifs is 6. The van der Waals surface area contributed by atoms with Crippen LogP contribution in [0.3, 0.4) is 0 Å². The van der Waals surface area contributed by atoms with Gasteiger partial charge in [-0.15, -0.1) is 4.31 Å². The zero-order chi connectivity index (χ0) is 59.2. The molecule has 3 aromatic heterocycles. The Hall–Kier alpha value is -5.59. The Bertz CT molecular complexity index is 3090. The third kappa shape index (κ3) is 12.8. The van der Waals surface area contributed by atoms with Gasteiger partial charge < -0.3 is 28.5 Å². The standard InChI is InChI=1S/C64H90N8O7SSi/c1-18-70-54-26-24-44-33-49(54)50(58(70)48-21-19-27-65-56(48)38(2)3)34-64(15,16)37-78-62(76)52-22-20-28-71(68-52)61(75)53(31-43-29-46(44)32-47(30-43)79-81(40(6)7,41(8)9)42(10)11)67-59(73)57(39(4)5)69(17)60(74)45-23-25-51(66-35-45)55-36-72(55)80(77)63(12,13)14/h19,21,23-27,29-30,32-33,35,38-42,52-53,55,57,68H,18,20,22,28,31,34,36-37H2,1-17H3,(H,67,73)/t52-,53-,55-,57-,72?,80-/m0/s1. The van der Waals surface area contributed by atoms with E-state index in [1.165, 1.54) is 16.1 Å². The zero-order valence-corrected chi connectivity index (χ0v) is 53.0. The van der Waals surface area contributed by atoms with Crippen molar-refractivity contribution in [2.24, 2.45) is 11.3 Å². The molecule has 2 saturated heterocycles. The monoisotopic (exact) mass is 1140 g/mol. The maximum absolute atomic E-state index is 15.3. The van der Waals surface area contributed by atoms with Crippen LogP contribution in [0.5, 0.6) is 5.75 Å². The summed E-state index contributed by atoms with van der Waals surface area (Å²) in [5.41, 5.74) is 12.6. The van der Waals surface area contributed by atoms with E-state index in [4.69, 9.17) is 14.1 Å². The minimum Gasteiger partial charge on any atom is -0.597 e. The summed E-state index contributed by atoms with van der Waals surface area (Å²) in [5.74, 6) is -1.27. The van der Waals surface area contributed by atoms with Crippen LogP contribution in [0.25, 0.3) is 33.3 Å². The number of nitrogens with one attached hydrogen (secondary N) is 2. The number of hydrazine groups is 1. The normalized spacial score (nSPS) is 20.7. The molecule has 2 fully saturated rings. The van der Waals surface area contributed by atoms with Gasteiger partial charge in [0, 0.05) is 72.2 Å². The molecule has 2 aromatic carbocycles. The topological polar surface area (TPSA) is 174 Å². The number of aryl methyl sites for hydroxylation is 1. The Morgan fingerprint density at radius 1 is 0.951 bits per heavy atom. The van der Waals surface area contributed by atoms with Crippen LogP contribution in [-0.2, 0) is 49.9 Å². The fourth-order valence-corrected chi connectivity index (χ4v) is 19.4. The molecule has 0 aliphatic carbocycles. The molecule has 0 spiro atoms. The Morgan fingerprint density at radius 3 is 2.27 bits per heavy atom. The number of hydrogen-bond donors (Lipinski definition) is 2. The molecule has 6 atom stereocenters. The molecule has 0 radical (unpaired) electrons. The largest absolute Gasteiger partial charge is 0.597 e. The van der Waals surface area contributed by atoms with Crippen LogP contribution in [-0.4, -0.2) is 115 Å². The number of rotatable bonds is 15. The maximum atomic E-state index is 15.3. The number of ether oxygens (including phenoxy) is 1. The number of benzene rings is 2. The lowest BCUT2D eigenvalue weighted by atomic mass is 9.83. The van der Waals surface area contributed by atoms with Gasteiger partial charge in [-0.2, -0.15) is 0 Å². The van der Waals surface area contributed by atoms with Gasteiger partial charge in [0.2, 0.25) is 5.91 Å². The molecule has 5 aromatic rings. The number of carbonyl (C=O) groups excluding carboxylic acids is 4. The van der Waals surface area contributed by atoms with Gasteiger partial charge >= 0.3 is 5.97 Å². The average Bonchev–Trinajstić information content (AvgIpc) is 4.29. The lowest BCUT2D eigenvalue weighted by molar-refractivity contribution is -0.155. The van der Waals surface area contributed by atoms with E-state index in [1.54, 1.807) is 19.2 Å². The van der Waals surface area contributed by atoms with Gasteiger partial charge in [-0.3, -0.25) is 34.2 Å². The summed E-state index contributed by atoms with van der Waals surface area (Å²) in [5, 5.41) is 5.72. The molecule has 6 bridgehead atoms. The van der Waals surface area contributed by atoms with Crippen molar-refractivity contribution in [1.29, 1.82) is 0 Å². The summed E-state index contributed by atoms with van der Waals surface area (Å²) in [6, 6.07) is 17.6. The molecular weight excluding hydrogens is 1050 g/mol. The van der Waals surface area contributed by atoms with Crippen LogP contribution >= 0.6 is 0 Å². The van der Waals surface area contributed by atoms with Crippen LogP contribution < -0.4 is 15.2 Å². The summed E-state index contributed by atoms with van der Waals surface area (Å²) in [7, 11) is -0.943. The number of nitrogens with zero attached hydrogens (tertiary/aromatic N) is 6. The molecule has 8 rings (SSSR count). The minimum absolute atomic E-state index is 0.0741. The summed E-state index contributed by atoms with van der Waals surface area (Å²) in [4.78, 5) is 70.1. The van der Waals surface area contributed by atoms with Crippen LogP contribution in [0.2, 0.25) is 16.6 Å². The highest BCUT2D eigenvalue weighted by Gasteiger charge is 2.51. The van der Waals surface area contributed by atoms with Crippen molar-refractivity contribution >= 4 is 54.3 Å². The Balaban J connectivity index is 1.25. The minimum atomic E-state index is -2.55. The second-order valence-corrected chi connectivity index (χ2v) is 33.8. The van der Waals surface area contributed by atoms with E-state index in [9.17, 15) is 14.1 Å². The molecule has 438 valence electrons. The molecule has 1 unspecified atom stereocenters. The predicted octanol–water partition coefficient (Wildman–Crippen LogP) is 11.7. The zero-order valence-electron chi connectivity index (χ0n) is 51.2. The third-order valence-corrected chi connectivity index (χ3v) is 24.7. The van der Waals surface area contributed by atoms with E-state index in [1.807, 2.05) is 57.3 Å². The Morgan fingerprint density at radius 2 is 1.65 bits per heavy atom. The summed E-state index contributed by atoms with van der Waals surface area (Å²) in [6.45, 7) is 35.7. The highest BCUT2D eigenvalue weighted by atomic mass is 32.2. The van der Waals surface area contributed by atoms with Crippen LogP contribution in [0.1, 0.15) is 168 Å². The first kappa shape index (κ1) is 61.5. The number of cyclic esters (lactones) is 1. The molecule has 3 aliphatic heterocycles. The van der Waals surface area contributed by atoms with Gasteiger partial charge in [0.05, 0.1) is 35.8 Å². The number of pyridine rings is 2. The van der Waals surface area contributed by atoms with Crippen LogP contribution in [0.15, 0.2) is 73.1 Å². The summed E-state index contributed by atoms with van der Waals surface area (Å²) in [6.07, 6.45) is 5.04. The van der Waals surface area contributed by atoms with E-state index in [0.717, 1.165) is 55.8 Å². The van der Waals surface area contributed by atoms with Crippen molar-refractivity contribution in [2.45, 2.75) is 194 Å². The SMILES string of the molecule is CCn1c(-c2cccnc2C(C)C)c2c3cc(ccc31)-c1cc(cc(O[Si](C(C)C)(C(C)C)C(C)C)c1)C[C@H](NC(=O)[C@H](C(C)C)N(C)C(=O)c1ccc([C@@H]3CN3[S@@+]([O-])C(C)(C)C)nc1)C(=O)N1CCC[C@H](N1)C(=O)OCC(C)(C)C2. The first-order valence-corrected chi connectivity index (χ1v) is 32.7. The summed E-state index contributed by atoms with van der Waals surface area (Å²) >= 11 is -1.20. The van der Waals surface area contributed by atoms with Gasteiger partial charge in [-0.1, -0.05) is 95.2 Å². The first-order chi connectivity index (χ1) is 38.1. The highest BCUT2D eigenvalue weighted by Crippen LogP contribution is 2.46.